The number of benzene rings is 1. The van der Waals surface area contributed by atoms with Gasteiger partial charge in [-0.15, -0.1) is 0 Å². The molecule has 158 valence electrons. The fourth-order valence-electron chi connectivity index (χ4n) is 4.87. The number of aromatic hydroxyl groups is 1. The van der Waals surface area contributed by atoms with Crippen LogP contribution in [-0.2, 0) is 27.3 Å². The summed E-state index contributed by atoms with van der Waals surface area (Å²) < 4.78 is 14.8. The summed E-state index contributed by atoms with van der Waals surface area (Å²) in [4.78, 5) is 37.0. The molecule has 0 heterocycles. The molecule has 9 nitrogen and oxygen atoms in total. The van der Waals surface area contributed by atoms with Crippen LogP contribution in [0.15, 0.2) is 23.0 Å². The Kier molecular flexibility index (Phi) is 4.26. The van der Waals surface area contributed by atoms with Gasteiger partial charge in [0.15, 0.2) is 11.4 Å². The molecule has 3 aliphatic carbocycles. The summed E-state index contributed by atoms with van der Waals surface area (Å²) in [5.41, 5.74) is 6.49. The number of aliphatic hydroxyl groups is 3. The highest BCUT2D eigenvalue weighted by Crippen LogP contribution is 2.52. The van der Waals surface area contributed by atoms with E-state index in [0.717, 1.165) is 6.07 Å². The van der Waals surface area contributed by atoms with Gasteiger partial charge in [0, 0.05) is 35.6 Å². The number of carbonyl (C=O) groups is 3. The maximum absolute atomic E-state index is 14.8. The molecule has 1 aromatic carbocycles. The van der Waals surface area contributed by atoms with Gasteiger partial charge in [0.05, 0.1) is 5.56 Å². The fraction of sp³-hybridized carbons (Fsp3) is 0.350. The first-order chi connectivity index (χ1) is 14.0. The third kappa shape index (κ3) is 2.37. The summed E-state index contributed by atoms with van der Waals surface area (Å²) in [6, 6.07) is 1.04. The van der Waals surface area contributed by atoms with Gasteiger partial charge in [-0.2, -0.15) is 0 Å². The minimum absolute atomic E-state index is 0.0281. The summed E-state index contributed by atoms with van der Waals surface area (Å²) in [6.07, 6.45) is -0.587. The summed E-state index contributed by atoms with van der Waals surface area (Å²) >= 11 is 0. The lowest BCUT2D eigenvalue weighted by molar-refractivity contribution is -0.147. The number of phenols is 1. The number of aliphatic hydroxyl groups excluding tert-OH is 2. The Balaban J connectivity index is 1.94. The Morgan fingerprint density at radius 1 is 1.23 bits per heavy atom. The van der Waals surface area contributed by atoms with E-state index in [2.05, 4.69) is 0 Å². The molecule has 0 spiro atoms. The largest absolute Gasteiger partial charge is 0.508 e. The van der Waals surface area contributed by atoms with Gasteiger partial charge in [0.25, 0.3) is 5.91 Å². The van der Waals surface area contributed by atoms with Crippen molar-refractivity contribution < 1.29 is 39.2 Å². The summed E-state index contributed by atoms with van der Waals surface area (Å²) in [6.45, 7) is -0.195. The molecule has 1 unspecified atom stereocenters. The molecule has 3 atom stereocenters. The van der Waals surface area contributed by atoms with Crippen molar-refractivity contribution in [3.63, 3.8) is 0 Å². The van der Waals surface area contributed by atoms with Crippen molar-refractivity contribution in [3.05, 3.63) is 45.5 Å². The maximum atomic E-state index is 14.8. The molecule has 10 heteroatoms. The second kappa shape index (κ2) is 6.38. The minimum Gasteiger partial charge on any atom is -0.508 e. The number of primary amides is 1. The zero-order valence-electron chi connectivity index (χ0n) is 15.6. The van der Waals surface area contributed by atoms with Gasteiger partial charge in [-0.3, -0.25) is 14.4 Å². The highest BCUT2D eigenvalue weighted by molar-refractivity contribution is 6.22. The summed E-state index contributed by atoms with van der Waals surface area (Å²) in [7, 11) is 0. The standard InChI is InChI=1S/C20H19FN2O7/c21-15-7(5-22)3-10(24)13-9(15)2-6-1-8-4-11(25)14(19(23)29)18(28)20(8,30)17(27)12(6)16(13)26/h3,6,8,24,26,28,30H,1-2,4-5,22H2,(H2,23,29)/t6?,8-,20-/m0/s1. The van der Waals surface area contributed by atoms with Crippen molar-refractivity contribution in [3.8, 4) is 5.75 Å². The highest BCUT2D eigenvalue weighted by Gasteiger charge is 2.60. The van der Waals surface area contributed by atoms with E-state index in [9.17, 15) is 39.2 Å². The smallest absolute Gasteiger partial charge is 0.255 e. The average molecular weight is 418 g/mol. The van der Waals surface area contributed by atoms with E-state index >= 15 is 0 Å². The quantitative estimate of drug-likeness (QED) is 0.363. The number of fused-ring (bicyclic) bond motifs is 3. The first-order valence-corrected chi connectivity index (χ1v) is 9.24. The number of carbonyl (C=O) groups excluding carboxylic acids is 3. The molecule has 1 amide bonds. The van der Waals surface area contributed by atoms with Gasteiger partial charge in [0.1, 0.15) is 28.7 Å². The number of ketones is 2. The summed E-state index contributed by atoms with van der Waals surface area (Å²) in [5.74, 6) is -8.21. The number of hydrogen-bond donors (Lipinski definition) is 6. The number of hydrogen-bond acceptors (Lipinski definition) is 8. The summed E-state index contributed by atoms with van der Waals surface area (Å²) in [5, 5.41) is 42.5. The molecule has 30 heavy (non-hydrogen) atoms. The monoisotopic (exact) mass is 418 g/mol. The van der Waals surface area contributed by atoms with E-state index in [1.54, 1.807) is 0 Å². The third-order valence-electron chi connectivity index (χ3n) is 6.29. The van der Waals surface area contributed by atoms with Gasteiger partial charge in [-0.25, -0.2) is 4.39 Å². The molecule has 0 bridgehead atoms. The molecular weight excluding hydrogens is 399 g/mol. The molecule has 1 fully saturated rings. The molecule has 0 aliphatic heterocycles. The molecule has 8 N–H and O–H groups in total. The van der Waals surface area contributed by atoms with E-state index in [1.165, 1.54) is 0 Å². The van der Waals surface area contributed by atoms with Crippen molar-refractivity contribution in [2.24, 2.45) is 23.3 Å². The number of rotatable bonds is 2. The van der Waals surface area contributed by atoms with Gasteiger partial charge in [-0.05, 0) is 24.8 Å². The number of Topliss-reactive ketones (excluding diaryl/α,β-unsaturated/α-hetero) is 2. The van der Waals surface area contributed by atoms with Crippen LogP contribution in [0, 0.1) is 17.7 Å². The molecule has 1 aromatic rings. The predicted molar refractivity (Wildman–Crippen MR) is 99.2 cm³/mol. The number of halogens is 1. The minimum atomic E-state index is -2.64. The van der Waals surface area contributed by atoms with Gasteiger partial charge >= 0.3 is 0 Å². The number of nitrogens with two attached hydrogens (primary N) is 2. The van der Waals surface area contributed by atoms with Crippen LogP contribution >= 0.6 is 0 Å². The lowest BCUT2D eigenvalue weighted by Gasteiger charge is -2.46. The molecule has 0 saturated heterocycles. The Morgan fingerprint density at radius 2 is 1.90 bits per heavy atom. The normalized spacial score (nSPS) is 28.2. The van der Waals surface area contributed by atoms with E-state index in [-0.39, 0.29) is 41.6 Å². The highest BCUT2D eigenvalue weighted by atomic mass is 19.1. The molecule has 0 radical (unpaired) electrons. The average Bonchev–Trinajstić information content (AvgIpc) is 2.66. The second-order valence-electron chi connectivity index (χ2n) is 7.83. The van der Waals surface area contributed by atoms with Crippen LogP contribution in [0.1, 0.15) is 29.5 Å². The maximum Gasteiger partial charge on any atom is 0.255 e. The van der Waals surface area contributed by atoms with Crippen LogP contribution < -0.4 is 11.5 Å². The van der Waals surface area contributed by atoms with Crippen molar-refractivity contribution in [2.75, 3.05) is 0 Å². The SMILES string of the molecule is NCc1cc(O)c2c(c1F)CC1C[C@H]3CC(=O)C(C(N)=O)=C(O)[C@@]3(O)C(=O)C1=C2O. The van der Waals surface area contributed by atoms with Crippen molar-refractivity contribution >= 4 is 23.2 Å². The molecule has 4 rings (SSSR count). The lowest BCUT2D eigenvalue weighted by atomic mass is 9.59. The van der Waals surface area contributed by atoms with Gasteiger partial charge in [0.2, 0.25) is 5.78 Å². The van der Waals surface area contributed by atoms with Crippen LogP contribution in [0.5, 0.6) is 5.75 Å². The lowest BCUT2D eigenvalue weighted by Crippen LogP contribution is -2.58. The Hall–Kier alpha value is -3.24. The van der Waals surface area contributed by atoms with E-state index in [0.29, 0.717) is 0 Å². The van der Waals surface area contributed by atoms with Gasteiger partial charge in [-0.1, -0.05) is 0 Å². The topological polar surface area (TPSA) is 184 Å². The van der Waals surface area contributed by atoms with Crippen molar-refractivity contribution in [1.29, 1.82) is 0 Å². The van der Waals surface area contributed by atoms with Crippen LogP contribution in [0.2, 0.25) is 0 Å². The predicted octanol–water partition coefficient (Wildman–Crippen LogP) is 0.0217. The van der Waals surface area contributed by atoms with Gasteiger partial charge < -0.3 is 31.9 Å². The Labute approximate surface area is 169 Å². The molecular formula is C20H19FN2O7. The van der Waals surface area contributed by atoms with E-state index in [1.807, 2.05) is 0 Å². The second-order valence-corrected chi connectivity index (χ2v) is 7.83. The Morgan fingerprint density at radius 3 is 2.50 bits per heavy atom. The van der Waals surface area contributed by atoms with Crippen LogP contribution in [0.25, 0.3) is 5.76 Å². The molecule has 1 saturated carbocycles. The fourth-order valence-corrected chi connectivity index (χ4v) is 4.87. The third-order valence-corrected chi connectivity index (χ3v) is 6.29. The number of phenolic OH excluding ortho intramolecular Hbond substituents is 1. The van der Waals surface area contributed by atoms with E-state index < -0.39 is 70.0 Å². The Bertz CT molecular complexity index is 1110. The first-order valence-electron chi connectivity index (χ1n) is 9.24. The van der Waals surface area contributed by atoms with Crippen LogP contribution in [0.4, 0.5) is 4.39 Å². The first kappa shape index (κ1) is 20.0. The van der Waals surface area contributed by atoms with Crippen molar-refractivity contribution in [2.45, 2.75) is 31.4 Å². The molecule has 0 aromatic heterocycles. The zero-order chi connectivity index (χ0) is 22.1. The molecule has 3 aliphatic rings. The van der Waals surface area contributed by atoms with Crippen LogP contribution in [0.3, 0.4) is 0 Å². The van der Waals surface area contributed by atoms with E-state index in [4.69, 9.17) is 11.5 Å². The van der Waals surface area contributed by atoms with Crippen LogP contribution in [-0.4, -0.2) is 43.5 Å². The van der Waals surface area contributed by atoms with Crippen molar-refractivity contribution in [1.82, 2.24) is 0 Å². The zero-order valence-corrected chi connectivity index (χ0v) is 15.6. The number of amides is 1.